The molecule has 11 heteroatoms. The normalized spacial score (nSPS) is 11.7. The van der Waals surface area contributed by atoms with E-state index in [4.69, 9.17) is 20.7 Å². The monoisotopic (exact) mass is 544 g/mol. The molecule has 4 amide bonds. The second-order valence-corrected chi connectivity index (χ2v) is 9.39. The minimum Gasteiger partial charge on any atom is -0.493 e. The van der Waals surface area contributed by atoms with Crippen molar-refractivity contribution in [1.82, 2.24) is 20.8 Å². The second-order valence-electron chi connectivity index (χ2n) is 9.39. The summed E-state index contributed by atoms with van der Waals surface area (Å²) >= 11 is 0. The van der Waals surface area contributed by atoms with Crippen LogP contribution in [0.1, 0.15) is 29.9 Å². The Morgan fingerprint density at radius 1 is 1.02 bits per heavy atom. The van der Waals surface area contributed by atoms with Crippen molar-refractivity contribution >= 4 is 28.6 Å². The lowest BCUT2D eigenvalue weighted by atomic mass is 10.0. The van der Waals surface area contributed by atoms with Gasteiger partial charge in [0.25, 0.3) is 0 Å². The summed E-state index contributed by atoms with van der Waals surface area (Å²) in [6, 6.07) is 17.4. The number of aryl methyl sites for hydroxylation is 1. The summed E-state index contributed by atoms with van der Waals surface area (Å²) < 4.78 is 11.0. The van der Waals surface area contributed by atoms with Gasteiger partial charge >= 0.3 is 6.03 Å². The Bertz CT molecular complexity index is 1480. The number of nitrogens with zero attached hydrogens (tertiary/aromatic N) is 2. The molecule has 1 heterocycles. The standard InChI is InChI=1S/C29H32N6O5/c1-18-33-27(35-40-18)20-10-8-19(9-11-20)14-24(30)28(37)32-12-4-5-13-39-25-16-22-7-3-2-6-21(22)15-23(25)17-26(36)34-29(31)38/h2-3,6-11,15-16,24H,4-5,12-14,17,30H2,1H3,(H,32,37)(H3,31,34,36,38). The smallest absolute Gasteiger partial charge is 0.318 e. The number of benzene rings is 3. The SMILES string of the molecule is Cc1nc(-c2ccc(CC(N)C(=O)NCCCCOc3cc4ccccc4cc3CC(=O)NC(N)=O)cc2)no1. The molecule has 0 aliphatic heterocycles. The Labute approximate surface area is 231 Å². The fraction of sp³-hybridized carbons (Fsp3) is 0.276. The number of hydrogen-bond acceptors (Lipinski definition) is 8. The average Bonchev–Trinajstić information content (AvgIpc) is 3.36. The van der Waals surface area contributed by atoms with Crippen LogP contribution in [0.5, 0.6) is 5.75 Å². The molecule has 208 valence electrons. The van der Waals surface area contributed by atoms with Crippen LogP contribution in [0, 0.1) is 6.92 Å². The van der Waals surface area contributed by atoms with E-state index in [0.717, 1.165) is 21.9 Å². The Morgan fingerprint density at radius 2 is 1.75 bits per heavy atom. The van der Waals surface area contributed by atoms with Crippen molar-refractivity contribution < 1.29 is 23.6 Å². The van der Waals surface area contributed by atoms with Crippen LogP contribution in [0.15, 0.2) is 65.2 Å². The van der Waals surface area contributed by atoms with Crippen molar-refractivity contribution in [1.29, 1.82) is 0 Å². The molecule has 0 spiro atoms. The number of aromatic nitrogens is 2. The summed E-state index contributed by atoms with van der Waals surface area (Å²) in [6.45, 7) is 2.57. The highest BCUT2D eigenvalue weighted by molar-refractivity contribution is 5.95. The van der Waals surface area contributed by atoms with E-state index >= 15 is 0 Å². The van der Waals surface area contributed by atoms with Gasteiger partial charge in [-0.3, -0.25) is 14.9 Å². The molecule has 1 aromatic heterocycles. The number of hydrogen-bond donors (Lipinski definition) is 4. The molecule has 40 heavy (non-hydrogen) atoms. The van der Waals surface area contributed by atoms with Gasteiger partial charge in [-0.25, -0.2) is 4.79 Å². The van der Waals surface area contributed by atoms with Gasteiger partial charge < -0.3 is 26.0 Å². The van der Waals surface area contributed by atoms with Crippen LogP contribution >= 0.6 is 0 Å². The van der Waals surface area contributed by atoms with Crippen molar-refractivity contribution in [3.63, 3.8) is 0 Å². The van der Waals surface area contributed by atoms with Gasteiger partial charge in [-0.05, 0) is 47.7 Å². The number of carbonyl (C=O) groups is 3. The molecule has 4 aromatic rings. The predicted molar refractivity (Wildman–Crippen MR) is 149 cm³/mol. The predicted octanol–water partition coefficient (Wildman–Crippen LogP) is 2.78. The molecule has 6 N–H and O–H groups in total. The first kappa shape index (κ1) is 28.2. The van der Waals surface area contributed by atoms with E-state index in [1.165, 1.54) is 0 Å². The summed E-state index contributed by atoms with van der Waals surface area (Å²) in [6.07, 6.45) is 1.71. The van der Waals surface area contributed by atoms with Gasteiger partial charge in [-0.15, -0.1) is 0 Å². The van der Waals surface area contributed by atoms with Crippen molar-refractivity contribution in [2.75, 3.05) is 13.2 Å². The minimum atomic E-state index is -0.900. The number of unbranched alkanes of at least 4 members (excludes halogenated alkanes) is 1. The maximum absolute atomic E-state index is 12.5. The molecule has 0 radical (unpaired) electrons. The number of nitrogens with two attached hydrogens (primary N) is 2. The zero-order valence-electron chi connectivity index (χ0n) is 22.2. The Hall–Kier alpha value is -4.77. The highest BCUT2D eigenvalue weighted by Crippen LogP contribution is 2.27. The lowest BCUT2D eigenvalue weighted by Crippen LogP contribution is -2.42. The molecule has 1 atom stereocenters. The van der Waals surface area contributed by atoms with Crippen molar-refractivity contribution in [2.24, 2.45) is 11.5 Å². The lowest BCUT2D eigenvalue weighted by molar-refractivity contribution is -0.122. The minimum absolute atomic E-state index is 0.0451. The summed E-state index contributed by atoms with van der Waals surface area (Å²) in [5.74, 6) is 0.833. The number of nitrogens with one attached hydrogen (secondary N) is 2. The summed E-state index contributed by atoms with van der Waals surface area (Å²) in [4.78, 5) is 39.8. The van der Waals surface area contributed by atoms with E-state index in [1.54, 1.807) is 6.92 Å². The maximum atomic E-state index is 12.5. The number of carbonyl (C=O) groups excluding carboxylic acids is 3. The van der Waals surface area contributed by atoms with Gasteiger partial charge in [0, 0.05) is 24.6 Å². The third kappa shape index (κ3) is 7.87. The number of ether oxygens (including phenoxy) is 1. The van der Waals surface area contributed by atoms with Crippen LogP contribution in [0.4, 0.5) is 4.79 Å². The molecule has 0 aliphatic carbocycles. The number of urea groups is 1. The van der Waals surface area contributed by atoms with E-state index in [2.05, 4.69) is 20.8 Å². The number of fused-ring (bicyclic) bond motifs is 1. The van der Waals surface area contributed by atoms with Crippen LogP contribution in [-0.4, -0.2) is 47.2 Å². The topological polar surface area (TPSA) is 175 Å². The van der Waals surface area contributed by atoms with Crippen molar-refractivity contribution in [3.8, 4) is 17.1 Å². The van der Waals surface area contributed by atoms with Crippen LogP contribution in [0.3, 0.4) is 0 Å². The average molecular weight is 545 g/mol. The zero-order valence-corrected chi connectivity index (χ0v) is 22.2. The van der Waals surface area contributed by atoms with E-state index in [9.17, 15) is 14.4 Å². The Kier molecular flexibility index (Phi) is 9.42. The number of amides is 4. The molecule has 4 rings (SSSR count). The number of imide groups is 1. The summed E-state index contributed by atoms with van der Waals surface area (Å²) in [5, 5.41) is 10.8. The van der Waals surface area contributed by atoms with Gasteiger partial charge in [0.1, 0.15) is 5.75 Å². The molecule has 0 saturated carbocycles. The molecule has 3 aromatic carbocycles. The first-order chi connectivity index (χ1) is 19.3. The third-order valence-corrected chi connectivity index (χ3v) is 6.20. The fourth-order valence-corrected chi connectivity index (χ4v) is 4.20. The van der Waals surface area contributed by atoms with Gasteiger partial charge in [0.2, 0.25) is 23.5 Å². The summed E-state index contributed by atoms with van der Waals surface area (Å²) in [7, 11) is 0. The van der Waals surface area contributed by atoms with Crippen LogP contribution in [0.2, 0.25) is 0 Å². The fourth-order valence-electron chi connectivity index (χ4n) is 4.20. The second kappa shape index (κ2) is 13.3. The van der Waals surface area contributed by atoms with E-state index < -0.39 is 18.0 Å². The number of rotatable bonds is 12. The quantitative estimate of drug-likeness (QED) is 0.197. The molecule has 0 aliphatic rings. The van der Waals surface area contributed by atoms with E-state index in [0.29, 0.717) is 55.4 Å². The van der Waals surface area contributed by atoms with Crippen molar-refractivity contribution in [2.45, 2.75) is 38.6 Å². The summed E-state index contributed by atoms with van der Waals surface area (Å²) in [5.41, 5.74) is 13.6. The van der Waals surface area contributed by atoms with E-state index in [-0.39, 0.29) is 12.3 Å². The lowest BCUT2D eigenvalue weighted by Gasteiger charge is -2.14. The van der Waals surface area contributed by atoms with Gasteiger partial charge in [0.15, 0.2) is 0 Å². The third-order valence-electron chi connectivity index (χ3n) is 6.20. The number of primary amides is 1. The van der Waals surface area contributed by atoms with Crippen LogP contribution in [0.25, 0.3) is 22.2 Å². The molecule has 0 bridgehead atoms. The zero-order chi connectivity index (χ0) is 28.5. The van der Waals surface area contributed by atoms with Gasteiger partial charge in [-0.1, -0.05) is 53.7 Å². The van der Waals surface area contributed by atoms with Crippen LogP contribution < -0.4 is 26.8 Å². The first-order valence-electron chi connectivity index (χ1n) is 12.9. The molecule has 1 unspecified atom stereocenters. The maximum Gasteiger partial charge on any atom is 0.318 e. The molecular formula is C29H32N6O5. The largest absolute Gasteiger partial charge is 0.493 e. The molecule has 0 fully saturated rings. The molecular weight excluding hydrogens is 512 g/mol. The Morgan fingerprint density at radius 3 is 2.42 bits per heavy atom. The van der Waals surface area contributed by atoms with Crippen LogP contribution in [-0.2, 0) is 22.4 Å². The molecule has 0 saturated heterocycles. The van der Waals surface area contributed by atoms with Gasteiger partial charge in [-0.2, -0.15) is 4.98 Å². The first-order valence-corrected chi connectivity index (χ1v) is 12.9. The highest BCUT2D eigenvalue weighted by Gasteiger charge is 2.15. The molecule has 11 nitrogen and oxygen atoms in total. The Balaban J connectivity index is 1.21. The van der Waals surface area contributed by atoms with Gasteiger partial charge in [0.05, 0.1) is 19.1 Å². The van der Waals surface area contributed by atoms with E-state index in [1.807, 2.05) is 60.7 Å². The van der Waals surface area contributed by atoms with Crippen molar-refractivity contribution in [3.05, 3.63) is 77.7 Å². The highest BCUT2D eigenvalue weighted by atomic mass is 16.5.